The first-order valence-electron chi connectivity index (χ1n) is 7.66. The van der Waals surface area contributed by atoms with Crippen LogP contribution in [0.5, 0.6) is 0 Å². The molecule has 1 heterocycles. The summed E-state index contributed by atoms with van der Waals surface area (Å²) in [6, 6.07) is 0. The SMILES string of the molecule is C=C1CC[C@H]2C(=C)CC[C@@H]3[C@H](OC(=O)[C@H]3CC[N+](=O)[O-])[C@@H]12. The normalized spacial score (nSPS) is 38.7. The monoisotopic (exact) mass is 291 g/mol. The Hall–Kier alpha value is -1.65. The number of carbonyl (C=O) groups is 1. The van der Waals surface area contributed by atoms with Crippen LogP contribution in [0.1, 0.15) is 32.1 Å². The molecule has 21 heavy (non-hydrogen) atoms. The summed E-state index contributed by atoms with van der Waals surface area (Å²) in [6.45, 7) is 8.20. The van der Waals surface area contributed by atoms with Crippen molar-refractivity contribution in [3.63, 3.8) is 0 Å². The second-order valence-electron chi connectivity index (χ2n) is 6.54. The van der Waals surface area contributed by atoms with Gasteiger partial charge in [0.25, 0.3) is 0 Å². The number of rotatable bonds is 3. The molecule has 5 heteroatoms. The molecule has 0 unspecified atom stereocenters. The Morgan fingerprint density at radius 3 is 2.67 bits per heavy atom. The van der Waals surface area contributed by atoms with E-state index in [9.17, 15) is 14.9 Å². The summed E-state index contributed by atoms with van der Waals surface area (Å²) in [5.41, 5.74) is 2.39. The van der Waals surface area contributed by atoms with Crippen molar-refractivity contribution in [2.24, 2.45) is 23.7 Å². The van der Waals surface area contributed by atoms with Gasteiger partial charge >= 0.3 is 5.97 Å². The molecule has 2 aliphatic carbocycles. The molecular weight excluding hydrogens is 270 g/mol. The van der Waals surface area contributed by atoms with E-state index in [4.69, 9.17) is 4.74 Å². The van der Waals surface area contributed by atoms with Crippen LogP contribution in [0, 0.1) is 33.8 Å². The van der Waals surface area contributed by atoms with Gasteiger partial charge in [-0.1, -0.05) is 24.3 Å². The summed E-state index contributed by atoms with van der Waals surface area (Å²) in [4.78, 5) is 22.4. The van der Waals surface area contributed by atoms with Crippen LogP contribution in [0.2, 0.25) is 0 Å². The highest BCUT2D eigenvalue weighted by molar-refractivity contribution is 5.75. The average molecular weight is 291 g/mol. The summed E-state index contributed by atoms with van der Waals surface area (Å²) >= 11 is 0. The summed E-state index contributed by atoms with van der Waals surface area (Å²) in [5.74, 6) is 0.0429. The minimum absolute atomic E-state index is 0.0825. The smallest absolute Gasteiger partial charge is 0.309 e. The molecule has 0 radical (unpaired) electrons. The molecule has 3 fully saturated rings. The molecule has 0 aromatic rings. The predicted octanol–water partition coefficient (Wildman–Crippen LogP) is 2.74. The molecule has 0 N–H and O–H groups in total. The Balaban J connectivity index is 1.84. The van der Waals surface area contributed by atoms with Gasteiger partial charge in [0.1, 0.15) is 6.10 Å². The van der Waals surface area contributed by atoms with E-state index < -0.39 is 0 Å². The molecule has 0 amide bonds. The Morgan fingerprint density at radius 2 is 1.95 bits per heavy atom. The minimum Gasteiger partial charge on any atom is -0.461 e. The first-order valence-corrected chi connectivity index (χ1v) is 7.66. The van der Waals surface area contributed by atoms with E-state index in [0.717, 1.165) is 31.3 Å². The van der Waals surface area contributed by atoms with Gasteiger partial charge in [0.05, 0.1) is 5.92 Å². The highest BCUT2D eigenvalue weighted by Gasteiger charge is 2.53. The summed E-state index contributed by atoms with van der Waals surface area (Å²) < 4.78 is 5.66. The maximum atomic E-state index is 12.1. The van der Waals surface area contributed by atoms with E-state index in [-0.39, 0.29) is 47.7 Å². The average Bonchev–Trinajstić information content (AvgIpc) is 2.90. The summed E-state index contributed by atoms with van der Waals surface area (Å²) in [5, 5.41) is 10.6. The molecule has 1 aliphatic heterocycles. The second-order valence-corrected chi connectivity index (χ2v) is 6.54. The Labute approximate surface area is 124 Å². The third kappa shape index (κ3) is 2.39. The topological polar surface area (TPSA) is 69.4 Å². The van der Waals surface area contributed by atoms with Crippen LogP contribution < -0.4 is 0 Å². The number of fused-ring (bicyclic) bond motifs is 3. The lowest BCUT2D eigenvalue weighted by Crippen LogP contribution is -2.30. The van der Waals surface area contributed by atoms with E-state index >= 15 is 0 Å². The maximum Gasteiger partial charge on any atom is 0.309 e. The quantitative estimate of drug-likeness (QED) is 0.347. The zero-order chi connectivity index (χ0) is 15.1. The number of nitro groups is 1. The Bertz CT molecular complexity index is 512. The number of hydrogen-bond donors (Lipinski definition) is 0. The molecule has 0 aromatic heterocycles. The number of carbonyl (C=O) groups excluding carboxylic acids is 1. The molecule has 0 spiro atoms. The lowest BCUT2D eigenvalue weighted by molar-refractivity contribution is -0.481. The molecular formula is C16H21NO4. The Kier molecular flexibility index (Phi) is 3.59. The number of allylic oxidation sites excluding steroid dienone is 1. The van der Waals surface area contributed by atoms with Crippen molar-refractivity contribution >= 4 is 5.97 Å². The van der Waals surface area contributed by atoms with Crippen LogP contribution in [0.3, 0.4) is 0 Å². The van der Waals surface area contributed by atoms with Crippen LogP contribution in [0.15, 0.2) is 24.3 Å². The van der Waals surface area contributed by atoms with Crippen LogP contribution >= 0.6 is 0 Å². The van der Waals surface area contributed by atoms with Gasteiger partial charge in [-0.15, -0.1) is 0 Å². The largest absolute Gasteiger partial charge is 0.461 e. The molecule has 1 saturated heterocycles. The third-order valence-electron chi connectivity index (χ3n) is 5.47. The second kappa shape index (κ2) is 5.28. The van der Waals surface area contributed by atoms with Crippen LogP contribution in [0.25, 0.3) is 0 Å². The van der Waals surface area contributed by atoms with Crippen molar-refractivity contribution in [2.75, 3.05) is 6.54 Å². The Morgan fingerprint density at radius 1 is 1.24 bits per heavy atom. The molecule has 5 atom stereocenters. The molecule has 0 aromatic carbocycles. The van der Waals surface area contributed by atoms with Crippen molar-refractivity contribution in [2.45, 2.75) is 38.2 Å². The number of nitrogens with zero attached hydrogens (tertiary/aromatic N) is 1. The highest BCUT2D eigenvalue weighted by Crippen LogP contribution is 2.52. The standard InChI is InChI=1S/C16H21NO4/c1-9-3-6-12-13(7-8-17(19)20)16(18)21-15(12)14-10(2)4-5-11(9)14/h11-15H,1-8H2/t11-,12-,13-,14-,15-/m0/s1. The van der Waals surface area contributed by atoms with Crippen molar-refractivity contribution in [1.29, 1.82) is 0 Å². The van der Waals surface area contributed by atoms with Crippen molar-refractivity contribution in [1.82, 2.24) is 0 Å². The fourth-order valence-corrected chi connectivity index (χ4v) is 4.42. The van der Waals surface area contributed by atoms with Gasteiger partial charge in [-0.2, -0.15) is 0 Å². The molecule has 2 saturated carbocycles. The van der Waals surface area contributed by atoms with Crippen molar-refractivity contribution < 1.29 is 14.5 Å². The fourth-order valence-electron chi connectivity index (χ4n) is 4.42. The van der Waals surface area contributed by atoms with Gasteiger partial charge in [-0.3, -0.25) is 14.9 Å². The van der Waals surface area contributed by atoms with E-state index in [2.05, 4.69) is 13.2 Å². The molecule has 5 nitrogen and oxygen atoms in total. The minimum atomic E-state index is -0.354. The van der Waals surface area contributed by atoms with E-state index in [1.807, 2.05) is 0 Å². The number of ether oxygens (including phenoxy) is 1. The maximum absolute atomic E-state index is 12.1. The summed E-state index contributed by atoms with van der Waals surface area (Å²) in [7, 11) is 0. The van der Waals surface area contributed by atoms with Gasteiger partial charge in [-0.05, 0) is 31.6 Å². The van der Waals surface area contributed by atoms with E-state index in [1.165, 1.54) is 5.57 Å². The molecule has 3 rings (SSSR count). The van der Waals surface area contributed by atoms with E-state index in [1.54, 1.807) is 0 Å². The predicted molar refractivity (Wildman–Crippen MR) is 77.1 cm³/mol. The summed E-state index contributed by atoms with van der Waals surface area (Å²) in [6.07, 6.45) is 3.88. The molecule has 3 aliphatic rings. The van der Waals surface area contributed by atoms with Gasteiger partial charge in [0, 0.05) is 23.2 Å². The lowest BCUT2D eigenvalue weighted by atomic mass is 9.79. The van der Waals surface area contributed by atoms with Crippen LogP contribution in [-0.4, -0.2) is 23.5 Å². The van der Waals surface area contributed by atoms with Gasteiger partial charge in [0.15, 0.2) is 0 Å². The number of esters is 1. The fraction of sp³-hybridized carbons (Fsp3) is 0.688. The van der Waals surface area contributed by atoms with Gasteiger partial charge in [-0.25, -0.2) is 0 Å². The third-order valence-corrected chi connectivity index (χ3v) is 5.47. The zero-order valence-electron chi connectivity index (χ0n) is 12.1. The molecule has 114 valence electrons. The van der Waals surface area contributed by atoms with Crippen molar-refractivity contribution in [3.05, 3.63) is 34.4 Å². The van der Waals surface area contributed by atoms with Crippen molar-refractivity contribution in [3.8, 4) is 0 Å². The first kappa shape index (κ1) is 14.3. The highest BCUT2D eigenvalue weighted by atomic mass is 16.6. The zero-order valence-corrected chi connectivity index (χ0v) is 12.1. The number of hydrogen-bond acceptors (Lipinski definition) is 4. The van der Waals surface area contributed by atoms with Gasteiger partial charge in [0.2, 0.25) is 6.54 Å². The van der Waals surface area contributed by atoms with Crippen LogP contribution in [-0.2, 0) is 9.53 Å². The first-order chi connectivity index (χ1) is 9.99. The van der Waals surface area contributed by atoms with Crippen LogP contribution in [0.4, 0.5) is 0 Å². The molecule has 0 bridgehead atoms. The lowest BCUT2D eigenvalue weighted by Gasteiger charge is -2.26. The van der Waals surface area contributed by atoms with Gasteiger partial charge < -0.3 is 4.74 Å². The van der Waals surface area contributed by atoms with E-state index in [0.29, 0.717) is 5.92 Å².